The van der Waals surface area contributed by atoms with Gasteiger partial charge in [0.2, 0.25) is 0 Å². The molecule has 1 saturated carbocycles. The molecule has 4 heteroatoms. The Morgan fingerprint density at radius 2 is 1.93 bits per heavy atom. The lowest BCUT2D eigenvalue weighted by Gasteiger charge is -2.21. The Bertz CT molecular complexity index is 323. The molecular weight excluding hydrogens is 188 g/mol. The Hall–Kier alpha value is -0.900. The zero-order chi connectivity index (χ0) is 10.1. The number of rotatable bonds is 3. The van der Waals surface area contributed by atoms with Gasteiger partial charge in [0.25, 0.3) is 0 Å². The van der Waals surface area contributed by atoms with E-state index in [1.807, 2.05) is 0 Å². The van der Waals surface area contributed by atoms with E-state index in [4.69, 9.17) is 0 Å². The number of piperidine rings is 1. The van der Waals surface area contributed by atoms with Gasteiger partial charge in [0.15, 0.2) is 5.82 Å². The molecule has 1 aromatic rings. The average molecular weight is 206 g/mol. The minimum absolute atomic E-state index is 0.669. The summed E-state index contributed by atoms with van der Waals surface area (Å²) < 4.78 is 0. The second-order valence-electron chi connectivity index (χ2n) is 4.81. The summed E-state index contributed by atoms with van der Waals surface area (Å²) >= 11 is 0. The first-order valence-electron chi connectivity index (χ1n) is 6.04. The lowest BCUT2D eigenvalue weighted by molar-refractivity contribution is 0.367. The van der Waals surface area contributed by atoms with Crippen molar-refractivity contribution in [3.63, 3.8) is 0 Å². The average Bonchev–Trinajstić information content (AvgIpc) is 3.02. The Morgan fingerprint density at radius 3 is 2.67 bits per heavy atom. The number of H-pyrrole nitrogens is 1. The molecule has 2 fully saturated rings. The van der Waals surface area contributed by atoms with Crippen LogP contribution in [0.1, 0.15) is 43.3 Å². The third-order valence-electron chi connectivity index (χ3n) is 3.43. The second-order valence-corrected chi connectivity index (χ2v) is 4.81. The van der Waals surface area contributed by atoms with Gasteiger partial charge in [-0.05, 0) is 44.7 Å². The van der Waals surface area contributed by atoms with Gasteiger partial charge < -0.3 is 5.32 Å². The number of nitrogens with one attached hydrogen (secondary N) is 2. The summed E-state index contributed by atoms with van der Waals surface area (Å²) in [6.45, 7) is 2.32. The van der Waals surface area contributed by atoms with E-state index in [0.29, 0.717) is 5.92 Å². The maximum atomic E-state index is 4.58. The SMILES string of the molecule is C1CC(Cc2nc(C3CC3)n[nH]2)CCN1. The van der Waals surface area contributed by atoms with Crippen LogP contribution in [-0.2, 0) is 6.42 Å². The summed E-state index contributed by atoms with van der Waals surface area (Å²) in [6, 6.07) is 0. The zero-order valence-corrected chi connectivity index (χ0v) is 9.00. The molecule has 1 aliphatic heterocycles. The van der Waals surface area contributed by atoms with Crippen molar-refractivity contribution < 1.29 is 0 Å². The van der Waals surface area contributed by atoms with Crippen molar-refractivity contribution in [2.45, 2.75) is 38.0 Å². The number of nitrogens with zero attached hydrogens (tertiary/aromatic N) is 2. The highest BCUT2D eigenvalue weighted by Crippen LogP contribution is 2.37. The van der Waals surface area contributed by atoms with Gasteiger partial charge in [0.1, 0.15) is 5.82 Å². The monoisotopic (exact) mass is 206 g/mol. The van der Waals surface area contributed by atoms with Gasteiger partial charge in [-0.2, -0.15) is 5.10 Å². The summed E-state index contributed by atoms with van der Waals surface area (Å²) in [5, 5.41) is 10.8. The van der Waals surface area contributed by atoms with Crippen LogP contribution in [-0.4, -0.2) is 28.3 Å². The second kappa shape index (κ2) is 3.93. The van der Waals surface area contributed by atoms with Gasteiger partial charge in [-0.1, -0.05) is 0 Å². The first kappa shape index (κ1) is 9.33. The quantitative estimate of drug-likeness (QED) is 0.782. The van der Waals surface area contributed by atoms with E-state index in [9.17, 15) is 0 Å². The van der Waals surface area contributed by atoms with Gasteiger partial charge in [0.05, 0.1) is 0 Å². The minimum atomic E-state index is 0.669. The van der Waals surface area contributed by atoms with Crippen LogP contribution in [0, 0.1) is 5.92 Å². The topological polar surface area (TPSA) is 53.6 Å². The third-order valence-corrected chi connectivity index (χ3v) is 3.43. The van der Waals surface area contributed by atoms with Crippen molar-refractivity contribution in [2.24, 2.45) is 5.92 Å². The summed E-state index contributed by atoms with van der Waals surface area (Å²) in [7, 11) is 0. The number of hydrogen-bond acceptors (Lipinski definition) is 3. The van der Waals surface area contributed by atoms with E-state index in [1.54, 1.807) is 0 Å². The van der Waals surface area contributed by atoms with E-state index in [0.717, 1.165) is 37.1 Å². The van der Waals surface area contributed by atoms with Gasteiger partial charge >= 0.3 is 0 Å². The molecule has 15 heavy (non-hydrogen) atoms. The molecule has 1 aliphatic carbocycles. The maximum absolute atomic E-state index is 4.58. The van der Waals surface area contributed by atoms with Crippen molar-refractivity contribution in [1.29, 1.82) is 0 Å². The molecule has 0 spiro atoms. The molecule has 1 aromatic heterocycles. The lowest BCUT2D eigenvalue weighted by atomic mass is 9.94. The fourth-order valence-electron chi connectivity index (χ4n) is 2.28. The number of aromatic nitrogens is 3. The van der Waals surface area contributed by atoms with E-state index >= 15 is 0 Å². The smallest absolute Gasteiger partial charge is 0.153 e. The normalized spacial score (nSPS) is 23.2. The van der Waals surface area contributed by atoms with E-state index in [2.05, 4.69) is 20.5 Å². The zero-order valence-electron chi connectivity index (χ0n) is 9.00. The fraction of sp³-hybridized carbons (Fsp3) is 0.818. The summed E-state index contributed by atoms with van der Waals surface area (Å²) in [5.41, 5.74) is 0. The molecule has 0 aromatic carbocycles. The molecular formula is C11H18N4. The Morgan fingerprint density at radius 1 is 1.13 bits per heavy atom. The Labute approximate surface area is 89.9 Å². The molecule has 82 valence electrons. The minimum Gasteiger partial charge on any atom is -0.317 e. The molecule has 2 aliphatic rings. The molecule has 0 radical (unpaired) electrons. The van der Waals surface area contributed by atoms with Crippen LogP contribution in [0.5, 0.6) is 0 Å². The van der Waals surface area contributed by atoms with E-state index < -0.39 is 0 Å². The molecule has 4 nitrogen and oxygen atoms in total. The first-order chi connectivity index (χ1) is 7.42. The molecule has 1 saturated heterocycles. The molecule has 0 amide bonds. The Balaban J connectivity index is 1.60. The first-order valence-corrected chi connectivity index (χ1v) is 6.04. The number of hydrogen-bond donors (Lipinski definition) is 2. The lowest BCUT2D eigenvalue weighted by Crippen LogP contribution is -2.28. The summed E-state index contributed by atoms with van der Waals surface area (Å²) in [5.74, 6) is 3.62. The standard InChI is InChI=1S/C11H18N4/c1-2-9(1)11-13-10(14-15-11)7-8-3-5-12-6-4-8/h8-9,12H,1-7H2,(H,13,14,15). The maximum Gasteiger partial charge on any atom is 0.153 e. The van der Waals surface area contributed by atoms with E-state index in [-0.39, 0.29) is 0 Å². The van der Waals surface area contributed by atoms with Crippen LogP contribution in [0.2, 0.25) is 0 Å². The molecule has 0 unspecified atom stereocenters. The molecule has 2 N–H and O–H groups in total. The predicted octanol–water partition coefficient (Wildman–Crippen LogP) is 1.22. The molecule has 2 heterocycles. The third kappa shape index (κ3) is 2.20. The van der Waals surface area contributed by atoms with Gasteiger partial charge in [0, 0.05) is 12.3 Å². The van der Waals surface area contributed by atoms with Crippen molar-refractivity contribution in [2.75, 3.05) is 13.1 Å². The predicted molar refractivity (Wildman–Crippen MR) is 57.7 cm³/mol. The highest BCUT2D eigenvalue weighted by atomic mass is 15.2. The van der Waals surface area contributed by atoms with Crippen LogP contribution in [0.25, 0.3) is 0 Å². The highest BCUT2D eigenvalue weighted by Gasteiger charge is 2.28. The van der Waals surface area contributed by atoms with Crippen molar-refractivity contribution in [1.82, 2.24) is 20.5 Å². The molecule has 0 bridgehead atoms. The van der Waals surface area contributed by atoms with Crippen LogP contribution >= 0.6 is 0 Å². The Kier molecular flexibility index (Phi) is 2.44. The van der Waals surface area contributed by atoms with Crippen LogP contribution in [0.4, 0.5) is 0 Å². The van der Waals surface area contributed by atoms with Gasteiger partial charge in [-0.3, -0.25) is 5.10 Å². The summed E-state index contributed by atoms with van der Waals surface area (Å²) in [6.07, 6.45) is 6.20. The fourth-order valence-corrected chi connectivity index (χ4v) is 2.28. The van der Waals surface area contributed by atoms with Crippen molar-refractivity contribution in [3.05, 3.63) is 11.6 Å². The number of aromatic amines is 1. The van der Waals surface area contributed by atoms with Crippen molar-refractivity contribution >= 4 is 0 Å². The van der Waals surface area contributed by atoms with Gasteiger partial charge in [-0.15, -0.1) is 0 Å². The molecule has 3 rings (SSSR count). The summed E-state index contributed by atoms with van der Waals surface area (Å²) in [4.78, 5) is 4.58. The highest BCUT2D eigenvalue weighted by molar-refractivity contribution is 5.05. The van der Waals surface area contributed by atoms with Gasteiger partial charge in [-0.25, -0.2) is 4.98 Å². The molecule has 0 atom stereocenters. The van der Waals surface area contributed by atoms with Crippen LogP contribution in [0.15, 0.2) is 0 Å². The largest absolute Gasteiger partial charge is 0.317 e. The van der Waals surface area contributed by atoms with E-state index in [1.165, 1.54) is 25.7 Å². The van der Waals surface area contributed by atoms with Crippen LogP contribution in [0.3, 0.4) is 0 Å². The van der Waals surface area contributed by atoms with Crippen molar-refractivity contribution in [3.8, 4) is 0 Å². The van der Waals surface area contributed by atoms with Crippen LogP contribution < -0.4 is 5.32 Å².